The molecule has 0 amide bonds. The minimum atomic E-state index is 0.0926. The van der Waals surface area contributed by atoms with E-state index < -0.39 is 0 Å². The summed E-state index contributed by atoms with van der Waals surface area (Å²) in [6.07, 6.45) is 0. The summed E-state index contributed by atoms with van der Waals surface area (Å²) < 4.78 is 2.46. The van der Waals surface area contributed by atoms with Gasteiger partial charge in [-0.15, -0.1) is 0 Å². The highest BCUT2D eigenvalue weighted by atomic mass is 15.2. The number of para-hydroxylation sites is 4. The molecule has 2 aliphatic heterocycles. The van der Waals surface area contributed by atoms with Crippen molar-refractivity contribution in [2.24, 2.45) is 0 Å². The van der Waals surface area contributed by atoms with Crippen molar-refractivity contribution in [2.75, 3.05) is 9.80 Å². The van der Waals surface area contributed by atoms with E-state index in [-0.39, 0.29) is 6.71 Å². The first kappa shape index (κ1) is 27.1. The highest BCUT2D eigenvalue weighted by molar-refractivity contribution is 7.00. The summed E-state index contributed by atoms with van der Waals surface area (Å²) in [6.45, 7) is 4.46. The Kier molecular flexibility index (Phi) is 5.80. The van der Waals surface area contributed by atoms with Gasteiger partial charge in [-0.25, -0.2) is 0 Å². The molecule has 0 radical (unpaired) electrons. The van der Waals surface area contributed by atoms with Crippen LogP contribution < -0.4 is 26.2 Å². The van der Waals surface area contributed by atoms with E-state index in [4.69, 9.17) is 0 Å². The van der Waals surface area contributed by atoms with Gasteiger partial charge in [-0.3, -0.25) is 0 Å². The van der Waals surface area contributed by atoms with Crippen molar-refractivity contribution in [3.8, 4) is 5.69 Å². The predicted octanol–water partition coefficient (Wildman–Crippen LogP) is 9.48. The number of nitrogens with zero attached hydrogens (tertiary/aromatic N) is 3. The van der Waals surface area contributed by atoms with Crippen LogP contribution in [0, 0.1) is 13.8 Å². The molecule has 3 heterocycles. The Balaban J connectivity index is 1.37. The second-order valence-electron chi connectivity index (χ2n) is 13.2. The zero-order valence-corrected chi connectivity index (χ0v) is 26.9. The first-order chi connectivity index (χ1) is 23.7. The molecule has 10 rings (SSSR count). The average molecular weight is 614 g/mol. The van der Waals surface area contributed by atoms with Gasteiger partial charge in [0.15, 0.2) is 0 Å². The fourth-order valence-electron chi connectivity index (χ4n) is 8.21. The van der Waals surface area contributed by atoms with Crippen LogP contribution in [0.3, 0.4) is 0 Å². The van der Waals surface area contributed by atoms with Crippen LogP contribution in [0.4, 0.5) is 34.1 Å². The summed E-state index contributed by atoms with van der Waals surface area (Å²) in [4.78, 5) is 4.98. The van der Waals surface area contributed by atoms with E-state index in [2.05, 4.69) is 186 Å². The van der Waals surface area contributed by atoms with Gasteiger partial charge in [0.25, 0.3) is 6.71 Å². The summed E-state index contributed by atoms with van der Waals surface area (Å²) in [5, 5.41) is 2.53. The van der Waals surface area contributed by atoms with Gasteiger partial charge in [0, 0.05) is 44.9 Å². The van der Waals surface area contributed by atoms with Crippen LogP contribution in [-0.2, 0) is 0 Å². The van der Waals surface area contributed by atoms with E-state index in [1.807, 2.05) is 0 Å². The first-order valence-electron chi connectivity index (χ1n) is 16.7. The molecule has 0 saturated heterocycles. The zero-order chi connectivity index (χ0) is 31.9. The largest absolute Gasteiger partial charge is 0.311 e. The molecule has 0 saturated carbocycles. The fraction of sp³-hybridized carbons (Fsp3) is 0.0455. The second kappa shape index (κ2) is 10.3. The number of aryl methyl sites for hydroxylation is 2. The molecule has 0 atom stereocenters. The molecule has 0 spiro atoms. The van der Waals surface area contributed by atoms with Crippen LogP contribution in [-0.4, -0.2) is 11.3 Å². The fourth-order valence-corrected chi connectivity index (χ4v) is 8.21. The normalized spacial score (nSPS) is 13.1. The Morgan fingerprint density at radius 2 is 0.938 bits per heavy atom. The standard InChI is InChI=1S/C44H32BN3/c1-29-20-23-32(24-21-29)47-41-25-22-30(2)26-37(41)45-36-16-8-11-19-40(36)46(31-12-4-3-5-13-31)42-27-33(28-43(47)44(42)45)48-38-17-9-6-14-34(38)35-15-7-10-18-39(35)48/h3-28H,1-2H3. The summed E-state index contributed by atoms with van der Waals surface area (Å²) >= 11 is 0. The number of hydrogen-bond acceptors (Lipinski definition) is 2. The van der Waals surface area contributed by atoms with Crippen molar-refractivity contribution in [3.63, 3.8) is 0 Å². The van der Waals surface area contributed by atoms with Gasteiger partial charge in [-0.2, -0.15) is 0 Å². The molecule has 2 aliphatic rings. The quantitative estimate of drug-likeness (QED) is 0.184. The third-order valence-corrected chi connectivity index (χ3v) is 10.3. The van der Waals surface area contributed by atoms with Gasteiger partial charge in [-0.1, -0.05) is 108 Å². The highest BCUT2D eigenvalue weighted by Gasteiger charge is 2.43. The third kappa shape index (κ3) is 3.83. The Morgan fingerprint density at radius 1 is 0.396 bits per heavy atom. The van der Waals surface area contributed by atoms with Gasteiger partial charge in [0.2, 0.25) is 0 Å². The van der Waals surface area contributed by atoms with Gasteiger partial charge in [-0.05, 0) is 90.9 Å². The lowest BCUT2D eigenvalue weighted by molar-refractivity contribution is 1.16. The second-order valence-corrected chi connectivity index (χ2v) is 13.2. The lowest BCUT2D eigenvalue weighted by atomic mass is 9.33. The van der Waals surface area contributed by atoms with Gasteiger partial charge >= 0.3 is 0 Å². The lowest BCUT2D eigenvalue weighted by Crippen LogP contribution is -2.61. The topological polar surface area (TPSA) is 11.4 Å². The maximum Gasteiger partial charge on any atom is 0.252 e. The monoisotopic (exact) mass is 613 g/mol. The molecule has 0 bridgehead atoms. The molecular weight excluding hydrogens is 581 g/mol. The number of hydrogen-bond donors (Lipinski definition) is 0. The molecule has 0 unspecified atom stereocenters. The highest BCUT2D eigenvalue weighted by Crippen LogP contribution is 2.46. The summed E-state index contributed by atoms with van der Waals surface area (Å²) in [6, 6.07) is 58.3. The maximum absolute atomic E-state index is 2.50. The molecule has 3 nitrogen and oxygen atoms in total. The van der Waals surface area contributed by atoms with Gasteiger partial charge < -0.3 is 14.4 Å². The van der Waals surface area contributed by atoms with E-state index in [0.29, 0.717) is 0 Å². The zero-order valence-electron chi connectivity index (χ0n) is 26.9. The number of rotatable bonds is 3. The third-order valence-electron chi connectivity index (χ3n) is 10.3. The minimum absolute atomic E-state index is 0.0926. The van der Waals surface area contributed by atoms with Crippen molar-refractivity contribution >= 4 is 79.0 Å². The lowest BCUT2D eigenvalue weighted by Gasteiger charge is -2.44. The van der Waals surface area contributed by atoms with Crippen molar-refractivity contribution in [3.05, 3.63) is 169 Å². The van der Waals surface area contributed by atoms with Crippen molar-refractivity contribution in [2.45, 2.75) is 13.8 Å². The van der Waals surface area contributed by atoms with E-state index in [1.165, 1.54) is 72.1 Å². The minimum Gasteiger partial charge on any atom is -0.311 e. The van der Waals surface area contributed by atoms with E-state index >= 15 is 0 Å². The Labute approximate surface area is 281 Å². The van der Waals surface area contributed by atoms with Crippen molar-refractivity contribution < 1.29 is 0 Å². The first-order valence-corrected chi connectivity index (χ1v) is 16.7. The smallest absolute Gasteiger partial charge is 0.252 e. The Bertz CT molecular complexity index is 2500. The molecule has 0 fully saturated rings. The molecule has 0 N–H and O–H groups in total. The number of anilines is 6. The van der Waals surface area contributed by atoms with Crippen molar-refractivity contribution in [1.29, 1.82) is 0 Å². The molecule has 4 heteroatoms. The molecular formula is C44H32BN3. The van der Waals surface area contributed by atoms with Crippen LogP contribution in [0.25, 0.3) is 27.5 Å². The van der Waals surface area contributed by atoms with Crippen LogP contribution in [0.5, 0.6) is 0 Å². The SMILES string of the molecule is Cc1ccc(N2c3ccc(C)cc3B3c4ccccc4N(c4ccccc4)c4cc(-n5c6ccccc6c6ccccc65)cc2c43)cc1. The van der Waals surface area contributed by atoms with Gasteiger partial charge in [0.1, 0.15) is 0 Å². The number of fused-ring (bicyclic) bond motifs is 7. The molecule has 0 aliphatic carbocycles. The van der Waals surface area contributed by atoms with Crippen LogP contribution in [0.1, 0.15) is 11.1 Å². The molecule has 226 valence electrons. The Hall–Kier alpha value is -6.00. The maximum atomic E-state index is 2.50. The van der Waals surface area contributed by atoms with Crippen LogP contribution in [0.15, 0.2) is 158 Å². The van der Waals surface area contributed by atoms with E-state index in [1.54, 1.807) is 0 Å². The van der Waals surface area contributed by atoms with E-state index in [0.717, 1.165) is 17.1 Å². The van der Waals surface area contributed by atoms with Crippen LogP contribution in [0.2, 0.25) is 0 Å². The number of benzene rings is 7. The number of aromatic nitrogens is 1. The molecule has 48 heavy (non-hydrogen) atoms. The molecule has 7 aromatic carbocycles. The summed E-state index contributed by atoms with van der Waals surface area (Å²) in [5.74, 6) is 0. The summed E-state index contributed by atoms with van der Waals surface area (Å²) in [5.41, 5.74) is 17.3. The summed E-state index contributed by atoms with van der Waals surface area (Å²) in [7, 11) is 0. The Morgan fingerprint density at radius 3 is 1.62 bits per heavy atom. The van der Waals surface area contributed by atoms with Crippen LogP contribution >= 0.6 is 0 Å². The predicted molar refractivity (Wildman–Crippen MR) is 204 cm³/mol. The average Bonchev–Trinajstić information content (AvgIpc) is 3.47. The molecule has 8 aromatic rings. The van der Waals surface area contributed by atoms with Crippen molar-refractivity contribution in [1.82, 2.24) is 4.57 Å². The molecule has 1 aromatic heterocycles. The van der Waals surface area contributed by atoms with E-state index in [9.17, 15) is 0 Å². The van der Waals surface area contributed by atoms with Gasteiger partial charge in [0.05, 0.1) is 16.7 Å².